The van der Waals surface area contributed by atoms with Gasteiger partial charge in [0, 0.05) is 12.6 Å². The number of benzene rings is 2. The Hall–Kier alpha value is -2.80. The topological polar surface area (TPSA) is 62.1 Å². The molecule has 2 rings (SSSR count). The van der Waals surface area contributed by atoms with Gasteiger partial charge in [-0.25, -0.2) is 0 Å². The molecule has 0 atom stereocenters. The van der Waals surface area contributed by atoms with E-state index in [4.69, 9.17) is 10.00 Å². The summed E-state index contributed by atoms with van der Waals surface area (Å²) in [5.41, 5.74) is 3.06. The summed E-state index contributed by atoms with van der Waals surface area (Å²) in [7, 11) is 0. The summed E-state index contributed by atoms with van der Waals surface area (Å²) in [6.07, 6.45) is 2.43. The molecule has 0 aliphatic rings. The number of anilines is 1. The molecule has 0 spiro atoms. The molecule has 0 bridgehead atoms. The van der Waals surface area contributed by atoms with Crippen molar-refractivity contribution in [3.05, 3.63) is 59.7 Å². The van der Waals surface area contributed by atoms with Crippen molar-refractivity contribution in [1.82, 2.24) is 0 Å². The van der Waals surface area contributed by atoms with Crippen molar-refractivity contribution < 1.29 is 9.53 Å². The number of nitrogens with one attached hydrogen (secondary N) is 1. The molecule has 0 fully saturated rings. The van der Waals surface area contributed by atoms with Gasteiger partial charge < -0.3 is 10.1 Å². The summed E-state index contributed by atoms with van der Waals surface area (Å²) >= 11 is 0. The second-order valence-corrected chi connectivity index (χ2v) is 4.39. The van der Waals surface area contributed by atoms with Crippen molar-refractivity contribution in [2.75, 3.05) is 5.32 Å². The Morgan fingerprint density at radius 1 is 1.10 bits per heavy atom. The van der Waals surface area contributed by atoms with E-state index in [0.717, 1.165) is 23.2 Å². The van der Waals surface area contributed by atoms with E-state index in [0.29, 0.717) is 5.75 Å². The molecule has 4 nitrogen and oxygen atoms in total. The average molecular weight is 266 g/mol. The van der Waals surface area contributed by atoms with Crippen LogP contribution in [0.4, 0.5) is 5.69 Å². The highest BCUT2D eigenvalue weighted by atomic mass is 16.5. The number of carbonyl (C=O) groups excluding carboxylic acids is 1. The van der Waals surface area contributed by atoms with Crippen molar-refractivity contribution >= 4 is 11.6 Å². The number of amides is 1. The zero-order valence-electron chi connectivity index (χ0n) is 11.1. The fraction of sp³-hybridized carbons (Fsp3) is 0.125. The first-order chi connectivity index (χ1) is 9.67. The summed E-state index contributed by atoms with van der Waals surface area (Å²) in [5, 5.41) is 11.1. The summed E-state index contributed by atoms with van der Waals surface area (Å²) in [6.45, 7) is 1.48. The summed E-state index contributed by atoms with van der Waals surface area (Å²) < 4.78 is 4.73. The van der Waals surface area contributed by atoms with E-state index in [1.807, 2.05) is 36.4 Å². The molecule has 0 radical (unpaired) electrons. The third kappa shape index (κ3) is 3.85. The minimum absolute atomic E-state index is 0.0779. The lowest BCUT2D eigenvalue weighted by molar-refractivity contribution is -0.114. The smallest absolute Gasteiger partial charge is 0.292 e. The van der Waals surface area contributed by atoms with Gasteiger partial charge in [0.15, 0.2) is 0 Å². The van der Waals surface area contributed by atoms with Crippen LogP contribution in [-0.4, -0.2) is 5.91 Å². The summed E-state index contributed by atoms with van der Waals surface area (Å²) in [6, 6.07) is 15.1. The monoisotopic (exact) mass is 266 g/mol. The molecule has 0 heterocycles. The van der Waals surface area contributed by atoms with E-state index in [-0.39, 0.29) is 5.91 Å². The zero-order valence-corrected chi connectivity index (χ0v) is 11.1. The van der Waals surface area contributed by atoms with Crippen LogP contribution in [0.2, 0.25) is 0 Å². The predicted molar refractivity (Wildman–Crippen MR) is 76.2 cm³/mol. The number of carbonyl (C=O) groups is 1. The highest BCUT2D eigenvalue weighted by Gasteiger charge is 1.99. The van der Waals surface area contributed by atoms with E-state index in [9.17, 15) is 4.79 Å². The highest BCUT2D eigenvalue weighted by Crippen LogP contribution is 2.16. The molecule has 2 aromatic carbocycles. The van der Waals surface area contributed by atoms with E-state index < -0.39 is 0 Å². The minimum atomic E-state index is -0.0779. The fourth-order valence-corrected chi connectivity index (χ4v) is 1.87. The zero-order chi connectivity index (χ0) is 14.4. The average Bonchev–Trinajstić information content (AvgIpc) is 2.43. The first-order valence-electron chi connectivity index (χ1n) is 6.19. The molecule has 0 saturated carbocycles. The highest BCUT2D eigenvalue weighted by molar-refractivity contribution is 5.88. The summed E-state index contributed by atoms with van der Waals surface area (Å²) in [5.74, 6) is 0.461. The third-order valence-electron chi connectivity index (χ3n) is 2.77. The molecule has 100 valence electrons. The Bertz CT molecular complexity index is 625. The van der Waals surface area contributed by atoms with E-state index in [1.165, 1.54) is 6.92 Å². The first-order valence-corrected chi connectivity index (χ1v) is 6.19. The van der Waals surface area contributed by atoms with Crippen LogP contribution >= 0.6 is 0 Å². The van der Waals surface area contributed by atoms with Crippen LogP contribution in [0.25, 0.3) is 0 Å². The molecule has 0 aliphatic carbocycles. The standard InChI is InChI=1S/C16H14N2O2/c1-12(19)18-15-6-2-13(3-7-15)10-14-4-8-16(9-5-14)20-11-17/h2-9H,10H2,1H3,(H,18,19). The van der Waals surface area contributed by atoms with Crippen molar-refractivity contribution in [3.8, 4) is 12.0 Å². The Kier molecular flexibility index (Phi) is 4.35. The predicted octanol–water partition coefficient (Wildman–Crippen LogP) is 3.10. The largest absolute Gasteiger partial charge is 0.388 e. The number of ether oxygens (including phenoxy) is 1. The van der Waals surface area contributed by atoms with E-state index in [2.05, 4.69) is 5.32 Å². The molecule has 0 aromatic heterocycles. The fourth-order valence-electron chi connectivity index (χ4n) is 1.87. The maximum absolute atomic E-state index is 10.9. The number of rotatable bonds is 4. The Labute approximate surface area is 117 Å². The van der Waals surface area contributed by atoms with Gasteiger partial charge in [0.25, 0.3) is 6.26 Å². The van der Waals surface area contributed by atoms with Crippen LogP contribution in [-0.2, 0) is 11.2 Å². The number of nitriles is 1. The van der Waals surface area contributed by atoms with Crippen molar-refractivity contribution in [3.63, 3.8) is 0 Å². The van der Waals surface area contributed by atoms with E-state index >= 15 is 0 Å². The van der Waals surface area contributed by atoms with Gasteiger partial charge in [-0.2, -0.15) is 0 Å². The lowest BCUT2D eigenvalue weighted by atomic mass is 10.0. The van der Waals surface area contributed by atoms with Crippen LogP contribution in [0.5, 0.6) is 5.75 Å². The Morgan fingerprint density at radius 2 is 1.65 bits per heavy atom. The third-order valence-corrected chi connectivity index (χ3v) is 2.77. The summed E-state index contributed by atoms with van der Waals surface area (Å²) in [4.78, 5) is 10.9. The molecule has 2 aromatic rings. The van der Waals surface area contributed by atoms with Crippen molar-refractivity contribution in [1.29, 1.82) is 5.26 Å². The first kappa shape index (κ1) is 13.6. The van der Waals surface area contributed by atoms with Crippen LogP contribution in [0, 0.1) is 11.5 Å². The van der Waals surface area contributed by atoms with Gasteiger partial charge in [-0.15, -0.1) is 5.26 Å². The van der Waals surface area contributed by atoms with Crippen LogP contribution in [0.15, 0.2) is 48.5 Å². The number of nitrogens with zero attached hydrogens (tertiary/aromatic N) is 1. The van der Waals surface area contributed by atoms with Gasteiger partial charge in [-0.05, 0) is 41.8 Å². The van der Waals surface area contributed by atoms with Gasteiger partial charge in [-0.1, -0.05) is 24.3 Å². The Balaban J connectivity index is 2.02. The minimum Gasteiger partial charge on any atom is -0.388 e. The number of hydrogen-bond acceptors (Lipinski definition) is 3. The van der Waals surface area contributed by atoms with Crippen LogP contribution < -0.4 is 10.1 Å². The molecule has 0 saturated heterocycles. The van der Waals surface area contributed by atoms with Crippen molar-refractivity contribution in [2.24, 2.45) is 0 Å². The van der Waals surface area contributed by atoms with Gasteiger partial charge in [0.2, 0.25) is 5.91 Å². The Morgan fingerprint density at radius 3 is 2.15 bits per heavy atom. The maximum Gasteiger partial charge on any atom is 0.292 e. The van der Waals surface area contributed by atoms with E-state index in [1.54, 1.807) is 18.4 Å². The van der Waals surface area contributed by atoms with Crippen LogP contribution in [0.1, 0.15) is 18.1 Å². The number of hydrogen-bond donors (Lipinski definition) is 1. The molecule has 4 heteroatoms. The van der Waals surface area contributed by atoms with Gasteiger partial charge in [0.05, 0.1) is 0 Å². The quantitative estimate of drug-likeness (QED) is 0.865. The molecular weight excluding hydrogens is 252 g/mol. The van der Waals surface area contributed by atoms with Crippen molar-refractivity contribution in [2.45, 2.75) is 13.3 Å². The maximum atomic E-state index is 10.9. The molecular formula is C16H14N2O2. The second-order valence-electron chi connectivity index (χ2n) is 4.39. The van der Waals surface area contributed by atoms with Gasteiger partial charge in [0.1, 0.15) is 5.75 Å². The van der Waals surface area contributed by atoms with Gasteiger partial charge in [-0.3, -0.25) is 4.79 Å². The molecule has 0 unspecified atom stereocenters. The lowest BCUT2D eigenvalue weighted by Gasteiger charge is -2.05. The molecule has 1 N–H and O–H groups in total. The molecule has 20 heavy (non-hydrogen) atoms. The normalized spacial score (nSPS) is 9.60. The molecule has 1 amide bonds. The van der Waals surface area contributed by atoms with Crippen LogP contribution in [0.3, 0.4) is 0 Å². The molecule has 0 aliphatic heterocycles. The van der Waals surface area contributed by atoms with Gasteiger partial charge >= 0.3 is 0 Å². The second kappa shape index (κ2) is 6.39. The SMILES string of the molecule is CC(=O)Nc1ccc(Cc2ccc(OC#N)cc2)cc1. The lowest BCUT2D eigenvalue weighted by Crippen LogP contribution is -2.05.